The van der Waals surface area contributed by atoms with Gasteiger partial charge in [0.15, 0.2) is 0 Å². The van der Waals surface area contributed by atoms with Crippen molar-refractivity contribution in [3.8, 4) is 23.0 Å². The summed E-state index contributed by atoms with van der Waals surface area (Å²) in [7, 11) is 0. The zero-order chi connectivity index (χ0) is 36.4. The minimum absolute atomic E-state index is 0.263. The fourth-order valence-electron chi connectivity index (χ4n) is 8.38. The molecule has 0 amide bonds. The van der Waals surface area contributed by atoms with E-state index in [4.69, 9.17) is 14.8 Å². The highest BCUT2D eigenvalue weighted by Crippen LogP contribution is 2.47. The lowest BCUT2D eigenvalue weighted by atomic mass is 9.65. The quantitative estimate of drug-likeness (QED) is 0.158. The van der Waals surface area contributed by atoms with Gasteiger partial charge < -0.3 is 4.74 Å². The number of aromatic nitrogens is 4. The lowest BCUT2D eigenvalue weighted by Gasteiger charge is -2.39. The van der Waals surface area contributed by atoms with Gasteiger partial charge in [0.25, 0.3) is 0 Å². The summed E-state index contributed by atoms with van der Waals surface area (Å²) in [4.78, 5) is 4.84. The summed E-state index contributed by atoms with van der Waals surface area (Å²) in [6.45, 7) is 25.2. The van der Waals surface area contributed by atoms with Crippen LogP contribution in [-0.2, 0) is 0 Å². The van der Waals surface area contributed by atoms with Gasteiger partial charge in [0.2, 0.25) is 0 Å². The number of para-hydroxylation sites is 1. The molecule has 1 aliphatic rings. The van der Waals surface area contributed by atoms with Crippen molar-refractivity contribution in [1.29, 1.82) is 0 Å². The van der Waals surface area contributed by atoms with Gasteiger partial charge in [-0.3, -0.25) is 4.57 Å². The molecule has 6 aromatic rings. The highest BCUT2D eigenvalue weighted by atomic mass is 16.5. The van der Waals surface area contributed by atoms with Crippen LogP contribution in [0.4, 0.5) is 0 Å². The largest absolute Gasteiger partial charge is 0.457 e. The van der Waals surface area contributed by atoms with Crippen molar-refractivity contribution in [2.24, 2.45) is 17.3 Å². The van der Waals surface area contributed by atoms with E-state index < -0.39 is 0 Å². The molecule has 0 bridgehead atoms. The monoisotopic (exact) mass is 678 g/mol. The lowest BCUT2D eigenvalue weighted by Crippen LogP contribution is -2.28. The second kappa shape index (κ2) is 13.2. The van der Waals surface area contributed by atoms with Crippen LogP contribution in [0.15, 0.2) is 90.6 Å². The molecule has 5 heteroatoms. The smallest absolute Gasteiger partial charge is 0.137 e. The third-order valence-corrected chi connectivity index (χ3v) is 11.3. The molecule has 0 saturated heterocycles. The zero-order valence-electron chi connectivity index (χ0n) is 32.4. The molecule has 3 heterocycles. The van der Waals surface area contributed by atoms with Crippen molar-refractivity contribution in [1.82, 2.24) is 19.3 Å². The number of pyridine rings is 1. The Morgan fingerprint density at radius 3 is 2.22 bits per heavy atom. The van der Waals surface area contributed by atoms with E-state index in [1.165, 1.54) is 45.2 Å². The van der Waals surface area contributed by atoms with E-state index >= 15 is 0 Å². The Labute approximate surface area is 304 Å². The molecule has 5 nitrogen and oxygen atoms in total. The number of hydrogen-bond acceptors (Lipinski definition) is 3. The summed E-state index contributed by atoms with van der Waals surface area (Å²) in [5, 5.41) is 7.57. The fraction of sp³-hybridized carbons (Fsp3) is 0.391. The Balaban J connectivity index is 1.30. The van der Waals surface area contributed by atoms with Crippen LogP contribution in [0, 0.1) is 31.1 Å². The van der Waals surface area contributed by atoms with Crippen molar-refractivity contribution < 1.29 is 4.74 Å². The lowest BCUT2D eigenvalue weighted by molar-refractivity contribution is 0.224. The maximum Gasteiger partial charge on any atom is 0.137 e. The average Bonchev–Trinajstić information content (AvgIpc) is 3.56. The van der Waals surface area contributed by atoms with Crippen LogP contribution in [0.2, 0.25) is 0 Å². The molecule has 0 fully saturated rings. The van der Waals surface area contributed by atoms with Gasteiger partial charge in [-0.05, 0) is 110 Å². The number of hydrogen-bond donors (Lipinski definition) is 0. The minimum Gasteiger partial charge on any atom is -0.457 e. The molecular formula is C46H54N4O. The third-order valence-electron chi connectivity index (χ3n) is 11.3. The SMILES string of the molecule is CC1=C[C@H](C(C)(C)C)CC(C)[C@H]1c1c(C)nn(-c2cc(Oc3ccc4c5ccccc5n(-c5cc(C(C)C)ccn5)c4c3)cc(C(C)C)c2)c1C. The topological polar surface area (TPSA) is 44.9 Å². The fourth-order valence-corrected chi connectivity index (χ4v) is 8.38. The summed E-state index contributed by atoms with van der Waals surface area (Å²) in [6, 6.07) is 25.9. The molecule has 0 spiro atoms. The first-order valence-electron chi connectivity index (χ1n) is 18.8. The first-order chi connectivity index (χ1) is 24.2. The number of nitrogens with zero attached hydrogens (tertiary/aromatic N) is 4. The van der Waals surface area contributed by atoms with Crippen LogP contribution in [0.1, 0.15) is 115 Å². The van der Waals surface area contributed by atoms with E-state index in [-0.39, 0.29) is 5.41 Å². The summed E-state index contributed by atoms with van der Waals surface area (Å²) < 4.78 is 11.2. The maximum atomic E-state index is 6.78. The highest BCUT2D eigenvalue weighted by molar-refractivity contribution is 6.09. The average molecular weight is 679 g/mol. The highest BCUT2D eigenvalue weighted by Gasteiger charge is 2.36. The summed E-state index contributed by atoms with van der Waals surface area (Å²) in [6.07, 6.45) is 5.66. The summed E-state index contributed by atoms with van der Waals surface area (Å²) >= 11 is 0. The molecule has 1 aliphatic carbocycles. The molecule has 51 heavy (non-hydrogen) atoms. The van der Waals surface area contributed by atoms with Gasteiger partial charge in [0.05, 0.1) is 22.4 Å². The second-order valence-electron chi connectivity index (χ2n) is 16.7. The van der Waals surface area contributed by atoms with Gasteiger partial charge in [-0.2, -0.15) is 5.10 Å². The van der Waals surface area contributed by atoms with Gasteiger partial charge in [-0.15, -0.1) is 0 Å². The Kier molecular flexibility index (Phi) is 8.98. The van der Waals surface area contributed by atoms with Crippen LogP contribution in [0.25, 0.3) is 33.3 Å². The molecule has 0 N–H and O–H groups in total. The van der Waals surface area contributed by atoms with Crippen LogP contribution >= 0.6 is 0 Å². The van der Waals surface area contributed by atoms with Crippen LogP contribution < -0.4 is 4.74 Å². The van der Waals surface area contributed by atoms with Crippen molar-refractivity contribution in [3.05, 3.63) is 119 Å². The number of rotatable bonds is 7. The van der Waals surface area contributed by atoms with Gasteiger partial charge >= 0.3 is 0 Å². The van der Waals surface area contributed by atoms with E-state index in [9.17, 15) is 0 Å². The molecule has 264 valence electrons. The zero-order valence-corrected chi connectivity index (χ0v) is 32.4. The van der Waals surface area contributed by atoms with E-state index in [0.717, 1.165) is 39.7 Å². The van der Waals surface area contributed by atoms with Crippen LogP contribution in [0.3, 0.4) is 0 Å². The van der Waals surface area contributed by atoms with Crippen molar-refractivity contribution in [3.63, 3.8) is 0 Å². The van der Waals surface area contributed by atoms with Crippen LogP contribution in [0.5, 0.6) is 11.5 Å². The van der Waals surface area contributed by atoms with E-state index in [0.29, 0.717) is 29.6 Å². The van der Waals surface area contributed by atoms with Crippen molar-refractivity contribution >= 4 is 21.8 Å². The van der Waals surface area contributed by atoms with Crippen molar-refractivity contribution in [2.75, 3.05) is 0 Å². The van der Waals surface area contributed by atoms with Gasteiger partial charge in [-0.25, -0.2) is 9.67 Å². The predicted molar refractivity (Wildman–Crippen MR) is 213 cm³/mol. The van der Waals surface area contributed by atoms with E-state index in [2.05, 4.69) is 164 Å². The van der Waals surface area contributed by atoms with E-state index in [1.54, 1.807) is 0 Å². The number of benzene rings is 3. The predicted octanol–water partition coefficient (Wildman–Crippen LogP) is 12.8. The van der Waals surface area contributed by atoms with Crippen molar-refractivity contribution in [2.45, 2.75) is 100 Å². The first-order valence-corrected chi connectivity index (χ1v) is 18.8. The standard InChI is InChI=1S/C46H54N4O/c1-27(2)33-18-19-47-43(24-33)49-41-15-13-12-14-39(41)40-17-16-37(26-42(40)49)51-38-23-34(28(3)4)22-36(25-38)50-32(8)45(31(7)48-50)44-29(5)20-35(21-30(44)6)46(9,10)11/h12-20,22-28,30,35,44H,21H2,1-11H3/t30?,35-,44-/m0/s1. The Bertz CT molecular complexity index is 2270. The Hall–Kier alpha value is -4.64. The number of aryl methyl sites for hydroxylation is 1. The molecule has 0 aliphatic heterocycles. The Morgan fingerprint density at radius 2 is 1.51 bits per heavy atom. The third kappa shape index (κ3) is 6.41. The molecule has 3 atom stereocenters. The molecule has 7 rings (SSSR count). The number of ether oxygens (including phenoxy) is 1. The normalized spacial score (nSPS) is 18.3. The summed E-state index contributed by atoms with van der Waals surface area (Å²) in [5.74, 6) is 4.75. The van der Waals surface area contributed by atoms with Crippen LogP contribution in [-0.4, -0.2) is 19.3 Å². The maximum absolute atomic E-state index is 6.78. The van der Waals surface area contributed by atoms with Gasteiger partial charge in [-0.1, -0.05) is 85.2 Å². The number of allylic oxidation sites excluding steroid dienone is 2. The number of fused-ring (bicyclic) bond motifs is 3. The molecular weight excluding hydrogens is 625 g/mol. The molecule has 0 saturated carbocycles. The molecule has 0 radical (unpaired) electrons. The summed E-state index contributed by atoms with van der Waals surface area (Å²) in [5.41, 5.74) is 11.1. The van der Waals surface area contributed by atoms with Gasteiger partial charge in [0.1, 0.15) is 17.3 Å². The second-order valence-corrected chi connectivity index (χ2v) is 16.7. The Morgan fingerprint density at radius 1 is 0.784 bits per heavy atom. The van der Waals surface area contributed by atoms with Gasteiger partial charge in [0, 0.05) is 46.3 Å². The molecule has 3 aromatic carbocycles. The molecule has 3 aromatic heterocycles. The minimum atomic E-state index is 0.263. The first kappa shape index (κ1) is 34.8. The van der Waals surface area contributed by atoms with E-state index in [1.807, 2.05) is 6.20 Å². The molecule has 1 unspecified atom stereocenters.